The van der Waals surface area contributed by atoms with Crippen LogP contribution in [0.5, 0.6) is 0 Å². The van der Waals surface area contributed by atoms with E-state index in [4.69, 9.17) is 0 Å². The minimum absolute atomic E-state index is 0.378. The van der Waals surface area contributed by atoms with Gasteiger partial charge in [0.1, 0.15) is 0 Å². The highest BCUT2D eigenvalue weighted by Gasteiger charge is 2.10. The molecule has 0 aromatic carbocycles. The molecule has 0 spiro atoms. The second-order valence-electron chi connectivity index (χ2n) is 3.94. The largest absolute Gasteiger partial charge is 0.342 e. The molecule has 2 heteroatoms. The van der Waals surface area contributed by atoms with E-state index in [0.717, 1.165) is 0 Å². The fourth-order valence-corrected chi connectivity index (χ4v) is 2.08. The monoisotopic (exact) mass is 200 g/mol. The van der Waals surface area contributed by atoms with E-state index in [2.05, 4.69) is 54.6 Å². The van der Waals surface area contributed by atoms with Gasteiger partial charge in [-0.05, 0) is 50.6 Å². The van der Waals surface area contributed by atoms with Crippen LogP contribution in [0.4, 0.5) is 0 Å². The molecule has 2 heterocycles. The number of nitrogens with zero attached hydrogens (tertiary/aromatic N) is 2. The summed E-state index contributed by atoms with van der Waals surface area (Å²) in [5, 5.41) is 0. The average molecular weight is 200 g/mol. The predicted octanol–water partition coefficient (Wildman–Crippen LogP) is 3.11. The molecule has 0 aliphatic heterocycles. The van der Waals surface area contributed by atoms with Crippen LogP contribution in [0.25, 0.3) is 0 Å². The van der Waals surface area contributed by atoms with Gasteiger partial charge in [-0.25, -0.2) is 0 Å². The van der Waals surface area contributed by atoms with Gasteiger partial charge in [0.25, 0.3) is 0 Å². The maximum Gasteiger partial charge on any atom is 0.0557 e. The molecule has 0 saturated heterocycles. The Bertz CT molecular complexity index is 423. The predicted molar refractivity (Wildman–Crippen MR) is 62.0 cm³/mol. The van der Waals surface area contributed by atoms with E-state index in [1.165, 1.54) is 17.0 Å². The van der Waals surface area contributed by atoms with Gasteiger partial charge in [0.05, 0.1) is 6.04 Å². The third-order valence-electron chi connectivity index (χ3n) is 2.90. The van der Waals surface area contributed by atoms with Crippen LogP contribution in [0.15, 0.2) is 36.7 Å². The first-order valence-electron chi connectivity index (χ1n) is 5.24. The van der Waals surface area contributed by atoms with Crippen LogP contribution in [0, 0.1) is 13.8 Å². The summed E-state index contributed by atoms with van der Waals surface area (Å²) < 4.78 is 2.34. The van der Waals surface area contributed by atoms with E-state index in [-0.39, 0.29) is 0 Å². The van der Waals surface area contributed by atoms with Gasteiger partial charge in [0.15, 0.2) is 0 Å². The lowest BCUT2D eigenvalue weighted by Gasteiger charge is -2.18. The molecule has 0 fully saturated rings. The lowest BCUT2D eigenvalue weighted by Crippen LogP contribution is -2.09. The zero-order valence-corrected chi connectivity index (χ0v) is 9.44. The van der Waals surface area contributed by atoms with Gasteiger partial charge in [0, 0.05) is 23.8 Å². The molecular formula is C13H16N2. The molecule has 1 atom stereocenters. The van der Waals surface area contributed by atoms with Crippen LogP contribution in [-0.4, -0.2) is 9.55 Å². The van der Waals surface area contributed by atoms with E-state index in [1.54, 1.807) is 0 Å². The Labute approximate surface area is 90.6 Å². The smallest absolute Gasteiger partial charge is 0.0557 e. The van der Waals surface area contributed by atoms with Gasteiger partial charge in [0.2, 0.25) is 0 Å². The molecule has 2 aromatic rings. The molecule has 0 N–H and O–H groups in total. The fraction of sp³-hybridized carbons (Fsp3) is 0.308. The first kappa shape index (κ1) is 9.97. The normalized spacial score (nSPS) is 12.7. The van der Waals surface area contributed by atoms with Gasteiger partial charge in [-0.1, -0.05) is 0 Å². The van der Waals surface area contributed by atoms with Crippen LogP contribution >= 0.6 is 0 Å². The first-order valence-corrected chi connectivity index (χ1v) is 5.24. The zero-order valence-electron chi connectivity index (χ0n) is 9.44. The lowest BCUT2D eigenvalue weighted by molar-refractivity contribution is 0.609. The molecule has 0 radical (unpaired) electrons. The van der Waals surface area contributed by atoms with Crippen molar-refractivity contribution in [3.63, 3.8) is 0 Å². The van der Waals surface area contributed by atoms with Crippen molar-refractivity contribution in [3.05, 3.63) is 53.6 Å². The SMILES string of the molecule is Cc1ccc(C)n1C(C)c1ccncc1. The van der Waals surface area contributed by atoms with Crippen molar-refractivity contribution < 1.29 is 0 Å². The molecule has 15 heavy (non-hydrogen) atoms. The summed E-state index contributed by atoms with van der Waals surface area (Å²) in [5.41, 5.74) is 3.90. The van der Waals surface area contributed by atoms with Crippen molar-refractivity contribution in [2.75, 3.05) is 0 Å². The number of pyridine rings is 1. The van der Waals surface area contributed by atoms with Crippen LogP contribution in [0.1, 0.15) is 29.9 Å². The fourth-order valence-electron chi connectivity index (χ4n) is 2.08. The van der Waals surface area contributed by atoms with E-state index < -0.39 is 0 Å². The van der Waals surface area contributed by atoms with Crippen molar-refractivity contribution in [1.29, 1.82) is 0 Å². The summed E-state index contributed by atoms with van der Waals surface area (Å²) in [6, 6.07) is 8.84. The van der Waals surface area contributed by atoms with Crippen LogP contribution in [0.3, 0.4) is 0 Å². The van der Waals surface area contributed by atoms with E-state index in [1.807, 2.05) is 12.4 Å². The van der Waals surface area contributed by atoms with Crippen molar-refractivity contribution in [2.45, 2.75) is 26.8 Å². The Balaban J connectivity index is 2.41. The lowest BCUT2D eigenvalue weighted by atomic mass is 10.1. The van der Waals surface area contributed by atoms with Gasteiger partial charge in [-0.2, -0.15) is 0 Å². The molecule has 0 saturated carbocycles. The molecule has 0 aliphatic carbocycles. The van der Waals surface area contributed by atoms with Gasteiger partial charge >= 0.3 is 0 Å². The van der Waals surface area contributed by atoms with E-state index in [9.17, 15) is 0 Å². The topological polar surface area (TPSA) is 17.8 Å². The molecule has 0 aliphatic rings. The minimum atomic E-state index is 0.378. The highest BCUT2D eigenvalue weighted by molar-refractivity contribution is 5.22. The number of hydrogen-bond donors (Lipinski definition) is 0. The maximum atomic E-state index is 4.04. The van der Waals surface area contributed by atoms with Crippen LogP contribution in [0.2, 0.25) is 0 Å². The third kappa shape index (κ3) is 1.80. The molecule has 0 bridgehead atoms. The summed E-state index contributed by atoms with van der Waals surface area (Å²) in [6.45, 7) is 6.50. The van der Waals surface area contributed by atoms with E-state index in [0.29, 0.717) is 6.04 Å². The highest BCUT2D eigenvalue weighted by atomic mass is 15.0. The summed E-state index contributed by atoms with van der Waals surface area (Å²) >= 11 is 0. The number of rotatable bonds is 2. The highest BCUT2D eigenvalue weighted by Crippen LogP contribution is 2.21. The van der Waals surface area contributed by atoms with Gasteiger partial charge in [-0.15, -0.1) is 0 Å². The van der Waals surface area contributed by atoms with Crippen molar-refractivity contribution in [2.24, 2.45) is 0 Å². The Hall–Kier alpha value is -1.57. The Morgan fingerprint density at radius 1 is 1.00 bits per heavy atom. The Morgan fingerprint density at radius 3 is 2.07 bits per heavy atom. The summed E-state index contributed by atoms with van der Waals surface area (Å²) in [6.07, 6.45) is 3.69. The number of aromatic nitrogens is 2. The van der Waals surface area contributed by atoms with Crippen LogP contribution < -0.4 is 0 Å². The van der Waals surface area contributed by atoms with Gasteiger partial charge < -0.3 is 4.57 Å². The molecule has 0 amide bonds. The summed E-state index contributed by atoms with van der Waals surface area (Å²) in [4.78, 5) is 4.04. The second kappa shape index (κ2) is 3.89. The third-order valence-corrected chi connectivity index (χ3v) is 2.90. The quantitative estimate of drug-likeness (QED) is 0.728. The standard InChI is InChI=1S/C13H16N2/c1-10-4-5-11(2)15(10)12(3)13-6-8-14-9-7-13/h4-9,12H,1-3H3. The molecule has 78 valence electrons. The van der Waals surface area contributed by atoms with Crippen molar-refractivity contribution >= 4 is 0 Å². The zero-order chi connectivity index (χ0) is 10.8. The molecule has 2 rings (SSSR count). The average Bonchev–Trinajstić information content (AvgIpc) is 2.59. The van der Waals surface area contributed by atoms with Crippen molar-refractivity contribution in [1.82, 2.24) is 9.55 Å². The first-order chi connectivity index (χ1) is 7.20. The second-order valence-corrected chi connectivity index (χ2v) is 3.94. The summed E-state index contributed by atoms with van der Waals surface area (Å²) in [5.74, 6) is 0. The number of aryl methyl sites for hydroxylation is 2. The van der Waals surface area contributed by atoms with Gasteiger partial charge in [-0.3, -0.25) is 4.98 Å². The molecule has 2 aromatic heterocycles. The van der Waals surface area contributed by atoms with E-state index >= 15 is 0 Å². The Morgan fingerprint density at radius 2 is 1.53 bits per heavy atom. The minimum Gasteiger partial charge on any atom is -0.342 e. The summed E-state index contributed by atoms with van der Waals surface area (Å²) in [7, 11) is 0. The Kier molecular flexibility index (Phi) is 2.58. The molecule has 2 nitrogen and oxygen atoms in total. The maximum absolute atomic E-state index is 4.04. The number of hydrogen-bond acceptors (Lipinski definition) is 1. The van der Waals surface area contributed by atoms with Crippen molar-refractivity contribution in [3.8, 4) is 0 Å². The van der Waals surface area contributed by atoms with Crippen LogP contribution in [-0.2, 0) is 0 Å². The molecular weight excluding hydrogens is 184 g/mol. The molecule has 1 unspecified atom stereocenters.